The molecule has 1 saturated heterocycles. The van der Waals surface area contributed by atoms with E-state index >= 15 is 0 Å². The molecule has 1 heterocycles. The minimum Gasteiger partial charge on any atom is -0.490 e. The van der Waals surface area contributed by atoms with Gasteiger partial charge in [0.2, 0.25) is 0 Å². The van der Waals surface area contributed by atoms with E-state index in [0.29, 0.717) is 19.7 Å². The number of benzene rings is 3. The molecule has 0 saturated carbocycles. The first kappa shape index (κ1) is 27.4. The van der Waals surface area contributed by atoms with Crippen molar-refractivity contribution in [2.45, 2.75) is 18.4 Å². The van der Waals surface area contributed by atoms with Crippen molar-refractivity contribution in [3.8, 4) is 11.5 Å². The molecule has 3 aromatic rings. The van der Waals surface area contributed by atoms with Crippen LogP contribution < -0.4 is 8.92 Å². The van der Waals surface area contributed by atoms with Crippen molar-refractivity contribution in [3.05, 3.63) is 91.1 Å². The first-order chi connectivity index (χ1) is 17.6. The van der Waals surface area contributed by atoms with Crippen LogP contribution in [0.25, 0.3) is 6.08 Å². The van der Waals surface area contributed by atoms with Crippen molar-refractivity contribution in [3.63, 3.8) is 0 Å². The van der Waals surface area contributed by atoms with Gasteiger partial charge in [-0.15, -0.1) is 0 Å². The Kier molecular flexibility index (Phi) is 8.46. The Morgan fingerprint density at radius 3 is 2.41 bits per heavy atom. The molecule has 1 aliphatic rings. The highest BCUT2D eigenvalue weighted by Crippen LogP contribution is 2.39. The number of rotatable bonds is 8. The van der Waals surface area contributed by atoms with E-state index in [9.17, 15) is 22.4 Å². The highest BCUT2D eigenvalue weighted by Gasteiger charge is 2.35. The lowest BCUT2D eigenvalue weighted by Gasteiger charge is -2.15. The van der Waals surface area contributed by atoms with Gasteiger partial charge in [-0.2, -0.15) is 8.42 Å². The summed E-state index contributed by atoms with van der Waals surface area (Å²) < 4.78 is 50.3. The van der Waals surface area contributed by atoms with Crippen LogP contribution >= 0.6 is 46.0 Å². The minimum absolute atomic E-state index is 0.000959. The number of amides is 2. The molecule has 1 fully saturated rings. The van der Waals surface area contributed by atoms with Crippen LogP contribution in [0.2, 0.25) is 5.02 Å². The van der Waals surface area contributed by atoms with E-state index in [1.165, 1.54) is 60.7 Å². The van der Waals surface area contributed by atoms with E-state index in [1.54, 1.807) is 13.0 Å². The average molecular weight is 674 g/mol. The number of thioether (sulfide) groups is 1. The van der Waals surface area contributed by atoms with Crippen LogP contribution in [0.1, 0.15) is 18.1 Å². The van der Waals surface area contributed by atoms with Crippen LogP contribution in [0.4, 0.5) is 9.18 Å². The molecule has 0 aromatic heterocycles. The molecule has 7 nitrogen and oxygen atoms in total. The van der Waals surface area contributed by atoms with E-state index < -0.39 is 27.1 Å². The Morgan fingerprint density at radius 1 is 1.08 bits per heavy atom. The second-order valence-corrected chi connectivity index (χ2v) is 11.8. The lowest BCUT2D eigenvalue weighted by Crippen LogP contribution is -2.27. The predicted molar refractivity (Wildman–Crippen MR) is 148 cm³/mol. The van der Waals surface area contributed by atoms with E-state index in [2.05, 4.69) is 0 Å². The SMILES string of the molecule is CCOc1cc(/C=C2\SC(=O)N(Cc3ccc(F)cc3)C2=O)cc(I)c1OS(=O)(=O)c1ccc(Cl)cc1. The fraction of sp³-hybridized carbons (Fsp3) is 0.120. The standard InChI is InChI=1S/C25H18ClFINO6S2/c1-2-34-21-12-16(11-20(28)23(21)35-37(32,33)19-9-5-17(26)6-10-19)13-22-24(30)29(25(31)36-22)14-15-3-7-18(27)8-4-15/h3-13H,2,14H2,1H3/b22-13-. The molecule has 1 aliphatic heterocycles. The van der Waals surface area contributed by atoms with Crippen molar-refractivity contribution in [1.29, 1.82) is 0 Å². The van der Waals surface area contributed by atoms with Gasteiger partial charge in [0, 0.05) is 5.02 Å². The molecule has 192 valence electrons. The van der Waals surface area contributed by atoms with E-state index in [4.69, 9.17) is 20.5 Å². The van der Waals surface area contributed by atoms with Gasteiger partial charge in [-0.05, 0) is 107 Å². The Balaban J connectivity index is 1.61. The highest BCUT2D eigenvalue weighted by atomic mass is 127. The number of hydrogen-bond acceptors (Lipinski definition) is 7. The maximum Gasteiger partial charge on any atom is 0.339 e. The van der Waals surface area contributed by atoms with Gasteiger partial charge in [-0.1, -0.05) is 23.7 Å². The minimum atomic E-state index is -4.18. The second-order valence-electron chi connectivity index (χ2n) is 7.65. The fourth-order valence-electron chi connectivity index (χ4n) is 3.33. The number of carbonyl (C=O) groups excluding carboxylic acids is 2. The van der Waals surface area contributed by atoms with Crippen LogP contribution in [0.15, 0.2) is 70.5 Å². The molecule has 4 rings (SSSR count). The van der Waals surface area contributed by atoms with Crippen molar-refractivity contribution in [2.24, 2.45) is 0 Å². The molecule has 0 bridgehead atoms. The van der Waals surface area contributed by atoms with Crippen LogP contribution in [-0.2, 0) is 21.5 Å². The molecule has 0 atom stereocenters. The molecular formula is C25H18ClFINO6S2. The van der Waals surface area contributed by atoms with Crippen molar-refractivity contribution < 1.29 is 31.3 Å². The third-order valence-electron chi connectivity index (χ3n) is 5.05. The first-order valence-electron chi connectivity index (χ1n) is 10.7. The number of imide groups is 1. The Morgan fingerprint density at radius 2 is 1.76 bits per heavy atom. The van der Waals surface area contributed by atoms with Gasteiger partial charge in [0.25, 0.3) is 11.1 Å². The van der Waals surface area contributed by atoms with Crippen LogP contribution in [-0.4, -0.2) is 31.1 Å². The summed E-state index contributed by atoms with van der Waals surface area (Å²) in [6.45, 7) is 1.97. The van der Waals surface area contributed by atoms with Crippen molar-refractivity contribution in [1.82, 2.24) is 4.90 Å². The lowest BCUT2D eigenvalue weighted by atomic mass is 10.1. The highest BCUT2D eigenvalue weighted by molar-refractivity contribution is 14.1. The topological polar surface area (TPSA) is 90.0 Å². The van der Waals surface area contributed by atoms with E-state index in [1.807, 2.05) is 22.6 Å². The maximum atomic E-state index is 13.2. The zero-order valence-corrected chi connectivity index (χ0v) is 23.7. The zero-order chi connectivity index (χ0) is 26.7. The largest absolute Gasteiger partial charge is 0.490 e. The van der Waals surface area contributed by atoms with Crippen molar-refractivity contribution in [2.75, 3.05) is 6.61 Å². The van der Waals surface area contributed by atoms with E-state index in [0.717, 1.165) is 16.7 Å². The molecule has 0 unspecified atom stereocenters. The zero-order valence-electron chi connectivity index (χ0n) is 19.1. The summed E-state index contributed by atoms with van der Waals surface area (Å²) in [6.07, 6.45) is 1.53. The number of hydrogen-bond donors (Lipinski definition) is 0. The van der Waals surface area contributed by atoms with Gasteiger partial charge < -0.3 is 8.92 Å². The number of ether oxygens (including phenoxy) is 1. The Hall–Kier alpha value is -2.61. The quantitative estimate of drug-likeness (QED) is 0.154. The molecule has 0 spiro atoms. The molecular weight excluding hydrogens is 656 g/mol. The summed E-state index contributed by atoms with van der Waals surface area (Å²) in [7, 11) is -4.18. The summed E-state index contributed by atoms with van der Waals surface area (Å²) in [4.78, 5) is 26.6. The third kappa shape index (κ3) is 6.46. The number of nitrogens with zero attached hydrogens (tertiary/aromatic N) is 1. The Bertz CT molecular complexity index is 1490. The van der Waals surface area contributed by atoms with Gasteiger partial charge in [-0.3, -0.25) is 14.5 Å². The van der Waals surface area contributed by atoms with Gasteiger partial charge in [0.05, 0.1) is 21.6 Å². The van der Waals surface area contributed by atoms with Gasteiger partial charge in [-0.25, -0.2) is 4.39 Å². The Labute approximate surface area is 235 Å². The molecule has 37 heavy (non-hydrogen) atoms. The molecule has 2 amide bonds. The molecule has 0 aliphatic carbocycles. The fourth-order valence-corrected chi connectivity index (χ4v) is 6.14. The second kappa shape index (κ2) is 11.4. The maximum absolute atomic E-state index is 13.2. The van der Waals surface area contributed by atoms with Gasteiger partial charge in [0.15, 0.2) is 11.5 Å². The third-order valence-corrected chi connectivity index (χ3v) is 8.25. The number of carbonyl (C=O) groups is 2. The summed E-state index contributed by atoms with van der Waals surface area (Å²) in [5, 5.41) is -0.0655. The summed E-state index contributed by atoms with van der Waals surface area (Å²) in [5.41, 5.74) is 1.12. The van der Waals surface area contributed by atoms with E-state index in [-0.39, 0.29) is 34.5 Å². The monoisotopic (exact) mass is 673 g/mol. The molecule has 12 heteroatoms. The molecule has 0 N–H and O–H groups in total. The van der Waals surface area contributed by atoms with Crippen LogP contribution in [0.3, 0.4) is 0 Å². The summed E-state index contributed by atoms with van der Waals surface area (Å²) >= 11 is 8.54. The van der Waals surface area contributed by atoms with Crippen molar-refractivity contribution >= 4 is 73.3 Å². The molecule has 3 aromatic carbocycles. The van der Waals surface area contributed by atoms with Crippen LogP contribution in [0, 0.1) is 9.39 Å². The van der Waals surface area contributed by atoms with Gasteiger partial charge in [0.1, 0.15) is 10.7 Å². The van der Waals surface area contributed by atoms with Crippen LogP contribution in [0.5, 0.6) is 11.5 Å². The normalized spacial score (nSPS) is 14.9. The summed E-state index contributed by atoms with van der Waals surface area (Å²) in [6, 6.07) is 14.2. The average Bonchev–Trinajstić information content (AvgIpc) is 3.10. The summed E-state index contributed by atoms with van der Waals surface area (Å²) in [5.74, 6) is -0.744. The lowest BCUT2D eigenvalue weighted by molar-refractivity contribution is -0.123. The number of halogens is 3. The smallest absolute Gasteiger partial charge is 0.339 e. The predicted octanol–water partition coefficient (Wildman–Crippen LogP) is 6.49. The molecule has 0 radical (unpaired) electrons. The first-order valence-corrected chi connectivity index (χ1v) is 14.4. The van der Waals surface area contributed by atoms with Gasteiger partial charge >= 0.3 is 10.1 Å².